The number of pyridine rings is 1. The predicted molar refractivity (Wildman–Crippen MR) is 112 cm³/mol. The van der Waals surface area contributed by atoms with E-state index in [0.29, 0.717) is 16.4 Å². The lowest BCUT2D eigenvalue weighted by Gasteiger charge is -2.13. The molecule has 2 aromatic heterocycles. The first-order chi connectivity index (χ1) is 13.3. The smallest absolute Gasteiger partial charge is 0.274 e. The van der Waals surface area contributed by atoms with E-state index in [1.54, 1.807) is 32.2 Å². The average Bonchev–Trinajstić information content (AvgIpc) is 3.05. The van der Waals surface area contributed by atoms with Gasteiger partial charge >= 0.3 is 0 Å². The van der Waals surface area contributed by atoms with E-state index in [2.05, 4.69) is 20.7 Å². The maximum Gasteiger partial charge on any atom is 0.274 e. The van der Waals surface area contributed by atoms with Gasteiger partial charge in [-0.2, -0.15) is 5.10 Å². The molecule has 0 aliphatic carbocycles. The molecule has 0 atom stereocenters. The fourth-order valence-electron chi connectivity index (χ4n) is 2.55. The largest absolute Gasteiger partial charge is 0.355 e. The number of carbonyl (C=O) groups excluding carboxylic acids is 2. The topological polar surface area (TPSA) is 88.9 Å². The highest BCUT2D eigenvalue weighted by molar-refractivity contribution is 6.38. The van der Waals surface area contributed by atoms with E-state index in [-0.39, 0.29) is 27.0 Å². The number of halogens is 3. The summed E-state index contributed by atoms with van der Waals surface area (Å²) >= 11 is 18.4. The van der Waals surface area contributed by atoms with Gasteiger partial charge in [-0.15, -0.1) is 0 Å². The summed E-state index contributed by atoms with van der Waals surface area (Å²) in [5.41, 5.74) is 1.02. The number of aromatic nitrogens is 3. The first kappa shape index (κ1) is 20.2. The van der Waals surface area contributed by atoms with Gasteiger partial charge in [0.05, 0.1) is 21.3 Å². The van der Waals surface area contributed by atoms with Gasteiger partial charge in [-0.05, 0) is 30.3 Å². The van der Waals surface area contributed by atoms with Crippen LogP contribution >= 0.6 is 34.8 Å². The number of anilines is 1. The number of carbonyl (C=O) groups is 2. The summed E-state index contributed by atoms with van der Waals surface area (Å²) < 4.78 is 1.33. The Balaban J connectivity index is 2.05. The van der Waals surface area contributed by atoms with Crippen LogP contribution < -0.4 is 16.2 Å². The Bertz CT molecular complexity index is 1090. The maximum absolute atomic E-state index is 13.0. The van der Waals surface area contributed by atoms with Crippen molar-refractivity contribution in [3.8, 4) is 5.82 Å². The molecule has 1 aromatic carbocycles. The number of benzene rings is 1. The monoisotopic (exact) mass is 435 g/mol. The minimum atomic E-state index is -0.545. The van der Waals surface area contributed by atoms with E-state index in [1.807, 2.05) is 0 Å². The summed E-state index contributed by atoms with van der Waals surface area (Å²) in [7, 11) is 3.19. The zero-order chi connectivity index (χ0) is 20.4. The Labute approximate surface area is 176 Å². The standard InChI is InChI=1S/C17H13BCl3N5O2/c1-22-16(27)9-5-8(19)6-11(21)14(9)24-17(28)12-7-13(18)25-26(12)15-10(20)3-2-4-23-15/h2-7H,18H2,1H3,(H,22,27)(H,24,28). The van der Waals surface area contributed by atoms with Crippen molar-refractivity contribution >= 4 is 65.7 Å². The molecule has 142 valence electrons. The molecule has 28 heavy (non-hydrogen) atoms. The lowest BCUT2D eigenvalue weighted by molar-refractivity contribution is 0.0964. The van der Waals surface area contributed by atoms with Gasteiger partial charge in [-0.25, -0.2) is 9.67 Å². The Morgan fingerprint density at radius 2 is 1.86 bits per heavy atom. The molecule has 0 radical (unpaired) electrons. The Morgan fingerprint density at radius 1 is 1.11 bits per heavy atom. The second kappa shape index (κ2) is 8.22. The minimum absolute atomic E-state index is 0.123. The molecule has 0 spiro atoms. The lowest BCUT2D eigenvalue weighted by Crippen LogP contribution is -2.23. The fraction of sp³-hybridized carbons (Fsp3) is 0.0588. The maximum atomic E-state index is 13.0. The van der Waals surface area contributed by atoms with Gasteiger partial charge in [0.25, 0.3) is 11.8 Å². The molecule has 0 saturated heterocycles. The molecule has 3 aromatic rings. The first-order valence-electron chi connectivity index (χ1n) is 8.02. The minimum Gasteiger partial charge on any atom is -0.355 e. The molecule has 11 heteroatoms. The van der Waals surface area contributed by atoms with Crippen LogP contribution in [0.15, 0.2) is 36.5 Å². The zero-order valence-electron chi connectivity index (χ0n) is 14.8. The van der Waals surface area contributed by atoms with Gasteiger partial charge in [-0.3, -0.25) is 9.59 Å². The zero-order valence-corrected chi connectivity index (χ0v) is 17.0. The molecule has 0 unspecified atom stereocenters. The van der Waals surface area contributed by atoms with Crippen LogP contribution in [0.1, 0.15) is 20.8 Å². The number of hydrogen-bond donors (Lipinski definition) is 2. The number of amides is 2. The van der Waals surface area contributed by atoms with Crippen molar-refractivity contribution < 1.29 is 9.59 Å². The van der Waals surface area contributed by atoms with Crippen LogP contribution in [0.2, 0.25) is 15.1 Å². The van der Waals surface area contributed by atoms with E-state index in [9.17, 15) is 9.59 Å². The van der Waals surface area contributed by atoms with E-state index in [4.69, 9.17) is 34.8 Å². The van der Waals surface area contributed by atoms with Crippen molar-refractivity contribution in [2.24, 2.45) is 0 Å². The lowest BCUT2D eigenvalue weighted by atomic mass is 10.1. The fourth-order valence-corrected chi connectivity index (χ4v) is 3.29. The summed E-state index contributed by atoms with van der Waals surface area (Å²) in [5.74, 6) is -0.690. The van der Waals surface area contributed by atoms with Gasteiger partial charge in [0.1, 0.15) is 5.69 Å². The normalized spacial score (nSPS) is 10.6. The van der Waals surface area contributed by atoms with Gasteiger partial charge in [-0.1, -0.05) is 34.8 Å². The Morgan fingerprint density at radius 3 is 2.54 bits per heavy atom. The summed E-state index contributed by atoms with van der Waals surface area (Å²) in [4.78, 5) is 29.3. The van der Waals surface area contributed by atoms with E-state index in [1.165, 1.54) is 23.9 Å². The van der Waals surface area contributed by atoms with E-state index >= 15 is 0 Å². The Hall–Kier alpha value is -2.55. The highest BCUT2D eigenvalue weighted by atomic mass is 35.5. The highest BCUT2D eigenvalue weighted by Gasteiger charge is 2.22. The summed E-state index contributed by atoms with van der Waals surface area (Å²) in [6.07, 6.45) is 1.54. The molecular formula is C17H13BCl3N5O2. The van der Waals surface area contributed by atoms with Crippen LogP contribution in [-0.4, -0.2) is 41.5 Å². The molecule has 0 saturated carbocycles. The van der Waals surface area contributed by atoms with Crippen molar-refractivity contribution in [2.45, 2.75) is 0 Å². The summed E-state index contributed by atoms with van der Waals surface area (Å²) in [5, 5.41) is 10.2. The van der Waals surface area contributed by atoms with Crippen molar-refractivity contribution in [3.05, 3.63) is 62.9 Å². The molecule has 2 N–H and O–H groups in total. The molecular weight excluding hydrogens is 423 g/mol. The molecule has 2 amide bonds. The van der Waals surface area contributed by atoms with Crippen molar-refractivity contribution in [1.29, 1.82) is 0 Å². The van der Waals surface area contributed by atoms with Crippen LogP contribution in [0, 0.1) is 0 Å². The number of hydrogen-bond acceptors (Lipinski definition) is 4. The van der Waals surface area contributed by atoms with Gasteiger partial charge in [0.15, 0.2) is 13.7 Å². The predicted octanol–water partition coefficient (Wildman–Crippen LogP) is 2.10. The van der Waals surface area contributed by atoms with Gasteiger partial charge in [0.2, 0.25) is 0 Å². The van der Waals surface area contributed by atoms with Gasteiger partial charge < -0.3 is 10.6 Å². The van der Waals surface area contributed by atoms with Crippen molar-refractivity contribution in [3.63, 3.8) is 0 Å². The van der Waals surface area contributed by atoms with Crippen molar-refractivity contribution in [2.75, 3.05) is 12.4 Å². The number of nitrogens with zero attached hydrogens (tertiary/aromatic N) is 3. The third kappa shape index (κ3) is 3.99. The van der Waals surface area contributed by atoms with E-state index < -0.39 is 11.8 Å². The molecule has 0 aliphatic rings. The molecule has 3 rings (SSSR count). The molecule has 7 nitrogen and oxygen atoms in total. The van der Waals surface area contributed by atoms with Crippen LogP contribution in [-0.2, 0) is 0 Å². The van der Waals surface area contributed by atoms with Crippen molar-refractivity contribution in [1.82, 2.24) is 20.1 Å². The Kier molecular flexibility index (Phi) is 5.93. The molecule has 0 fully saturated rings. The van der Waals surface area contributed by atoms with Crippen LogP contribution in [0.5, 0.6) is 0 Å². The summed E-state index contributed by atoms with van der Waals surface area (Å²) in [6.45, 7) is 0. The quantitative estimate of drug-likeness (QED) is 0.613. The molecule has 0 bridgehead atoms. The molecule has 2 heterocycles. The molecule has 0 aliphatic heterocycles. The highest BCUT2D eigenvalue weighted by Crippen LogP contribution is 2.31. The third-order valence-corrected chi connectivity index (χ3v) is 4.58. The SMILES string of the molecule is Bc1cc(C(=O)Nc2c(Cl)cc(Cl)cc2C(=O)NC)n(-c2ncccc2Cl)n1. The van der Waals surface area contributed by atoms with Crippen LogP contribution in [0.4, 0.5) is 5.69 Å². The second-order valence-corrected chi connectivity index (χ2v) is 6.99. The average molecular weight is 436 g/mol. The number of nitrogens with one attached hydrogen (secondary N) is 2. The number of rotatable bonds is 4. The summed E-state index contributed by atoms with van der Waals surface area (Å²) in [6, 6.07) is 7.74. The van der Waals surface area contributed by atoms with Crippen LogP contribution in [0.3, 0.4) is 0 Å². The first-order valence-corrected chi connectivity index (χ1v) is 9.15. The van der Waals surface area contributed by atoms with E-state index in [0.717, 1.165) is 0 Å². The second-order valence-electron chi connectivity index (χ2n) is 5.74. The van der Waals surface area contributed by atoms with Gasteiger partial charge in [0, 0.05) is 23.9 Å². The third-order valence-electron chi connectivity index (χ3n) is 3.77. The van der Waals surface area contributed by atoms with Crippen LogP contribution in [0.25, 0.3) is 5.82 Å².